The van der Waals surface area contributed by atoms with Crippen molar-refractivity contribution in [3.05, 3.63) is 24.3 Å². The summed E-state index contributed by atoms with van der Waals surface area (Å²) in [5, 5.41) is 7.79. The van der Waals surface area contributed by atoms with Gasteiger partial charge in [-0.25, -0.2) is 4.98 Å². The first-order valence-electron chi connectivity index (χ1n) is 10.6. The lowest BCUT2D eigenvalue weighted by molar-refractivity contribution is -0.122. The summed E-state index contributed by atoms with van der Waals surface area (Å²) in [4.78, 5) is 23.5. The highest BCUT2D eigenvalue weighted by Gasteiger charge is 2.23. The summed E-state index contributed by atoms with van der Waals surface area (Å²) in [7, 11) is 4.01. The Morgan fingerprint density at radius 2 is 1.79 bits per heavy atom. The lowest BCUT2D eigenvalue weighted by Gasteiger charge is -2.30. The topological polar surface area (TPSA) is 70.2 Å². The van der Waals surface area contributed by atoms with Crippen LogP contribution in [0.4, 0.5) is 11.8 Å². The van der Waals surface area contributed by atoms with E-state index in [1.165, 1.54) is 0 Å². The van der Waals surface area contributed by atoms with E-state index in [1.807, 2.05) is 37.2 Å². The molecule has 0 aliphatic heterocycles. The van der Waals surface area contributed by atoms with E-state index in [0.717, 1.165) is 61.7 Å². The molecule has 1 fully saturated rings. The highest BCUT2D eigenvalue weighted by molar-refractivity contribution is 5.90. The van der Waals surface area contributed by atoms with Crippen molar-refractivity contribution in [2.75, 3.05) is 24.3 Å². The zero-order chi connectivity index (χ0) is 19.9. The molecule has 0 radical (unpaired) electrons. The number of unbranched alkanes of at least 4 members (excludes halogenated alkanes) is 2. The van der Waals surface area contributed by atoms with E-state index in [2.05, 4.69) is 23.6 Å². The minimum atomic E-state index is 0.207. The molecule has 0 saturated heterocycles. The van der Waals surface area contributed by atoms with Gasteiger partial charge in [0.25, 0.3) is 0 Å². The highest BCUT2D eigenvalue weighted by Crippen LogP contribution is 2.26. The van der Waals surface area contributed by atoms with Crippen molar-refractivity contribution in [3.63, 3.8) is 0 Å². The van der Waals surface area contributed by atoms with Crippen LogP contribution in [0.15, 0.2) is 24.3 Å². The van der Waals surface area contributed by atoms with Crippen LogP contribution in [-0.4, -0.2) is 42.1 Å². The summed E-state index contributed by atoms with van der Waals surface area (Å²) in [6, 6.07) is 8.77. The molecule has 0 atom stereocenters. The monoisotopic (exact) mass is 383 g/mol. The fourth-order valence-corrected chi connectivity index (χ4v) is 3.87. The Balaban J connectivity index is 1.55. The zero-order valence-corrected chi connectivity index (χ0v) is 17.4. The maximum Gasteiger partial charge on any atom is 0.225 e. The molecule has 0 spiro atoms. The second-order valence-electron chi connectivity index (χ2n) is 8.00. The molecule has 152 valence electrons. The van der Waals surface area contributed by atoms with Crippen LogP contribution >= 0.6 is 0 Å². The number of fused-ring (bicyclic) bond motifs is 1. The SMILES string of the molecule is CCCCCC(=O)NC1CCC(Nc2nc(N(C)C)c3ccccc3n2)CC1. The second-order valence-corrected chi connectivity index (χ2v) is 8.00. The van der Waals surface area contributed by atoms with E-state index in [0.29, 0.717) is 24.5 Å². The number of hydrogen-bond acceptors (Lipinski definition) is 5. The van der Waals surface area contributed by atoms with Gasteiger partial charge in [0.2, 0.25) is 11.9 Å². The maximum absolute atomic E-state index is 12.0. The van der Waals surface area contributed by atoms with Crippen LogP contribution in [0.2, 0.25) is 0 Å². The fraction of sp³-hybridized carbons (Fsp3) is 0.591. The molecule has 2 aromatic rings. The smallest absolute Gasteiger partial charge is 0.225 e. The molecule has 1 aromatic heterocycles. The van der Waals surface area contributed by atoms with Crippen LogP contribution in [-0.2, 0) is 4.79 Å². The van der Waals surface area contributed by atoms with Crippen LogP contribution in [0.5, 0.6) is 0 Å². The number of amides is 1. The Hall–Kier alpha value is -2.37. The van der Waals surface area contributed by atoms with E-state index in [-0.39, 0.29) is 5.91 Å². The maximum atomic E-state index is 12.0. The number of hydrogen-bond donors (Lipinski definition) is 2. The molecule has 1 aliphatic carbocycles. The van der Waals surface area contributed by atoms with Crippen molar-refractivity contribution in [2.24, 2.45) is 0 Å². The van der Waals surface area contributed by atoms with Gasteiger partial charge in [0.05, 0.1) is 5.52 Å². The van der Waals surface area contributed by atoms with Gasteiger partial charge in [-0.2, -0.15) is 4.98 Å². The third-order valence-corrected chi connectivity index (χ3v) is 5.44. The molecule has 1 saturated carbocycles. The summed E-state index contributed by atoms with van der Waals surface area (Å²) in [6.07, 6.45) is 7.98. The third kappa shape index (κ3) is 5.33. The molecule has 1 amide bonds. The summed E-state index contributed by atoms with van der Waals surface area (Å²) in [5.74, 6) is 1.83. The number of carbonyl (C=O) groups is 1. The molecule has 1 aliphatic rings. The second kappa shape index (κ2) is 9.71. The van der Waals surface area contributed by atoms with Gasteiger partial charge in [-0.05, 0) is 44.2 Å². The van der Waals surface area contributed by atoms with Crippen molar-refractivity contribution < 1.29 is 4.79 Å². The van der Waals surface area contributed by atoms with Gasteiger partial charge in [0.1, 0.15) is 5.82 Å². The average Bonchev–Trinajstić information content (AvgIpc) is 2.69. The third-order valence-electron chi connectivity index (χ3n) is 5.44. The largest absolute Gasteiger partial charge is 0.362 e. The number of benzene rings is 1. The Labute approximate surface area is 168 Å². The molecule has 6 nitrogen and oxygen atoms in total. The van der Waals surface area contributed by atoms with E-state index >= 15 is 0 Å². The molecule has 1 aromatic carbocycles. The molecule has 0 bridgehead atoms. The molecule has 28 heavy (non-hydrogen) atoms. The molecule has 6 heteroatoms. The summed E-state index contributed by atoms with van der Waals surface area (Å²) in [5.41, 5.74) is 0.955. The quantitative estimate of drug-likeness (QED) is 0.671. The van der Waals surface area contributed by atoms with Crippen LogP contribution in [0.25, 0.3) is 10.9 Å². The van der Waals surface area contributed by atoms with Crippen LogP contribution in [0, 0.1) is 0 Å². The predicted molar refractivity (Wildman–Crippen MR) is 116 cm³/mol. The molecule has 0 unspecified atom stereocenters. The van der Waals surface area contributed by atoms with Crippen LogP contribution in [0.1, 0.15) is 58.3 Å². The number of carbonyl (C=O) groups excluding carboxylic acids is 1. The predicted octanol–water partition coefficient (Wildman–Crippen LogP) is 4.12. The first-order chi connectivity index (χ1) is 13.6. The fourth-order valence-electron chi connectivity index (χ4n) is 3.87. The number of aromatic nitrogens is 2. The minimum Gasteiger partial charge on any atom is -0.362 e. The molecule has 1 heterocycles. The number of para-hydroxylation sites is 1. The van der Waals surface area contributed by atoms with Gasteiger partial charge < -0.3 is 15.5 Å². The van der Waals surface area contributed by atoms with Gasteiger partial charge in [-0.15, -0.1) is 0 Å². The Morgan fingerprint density at radius 1 is 1.07 bits per heavy atom. The minimum absolute atomic E-state index is 0.207. The molecule has 3 rings (SSSR count). The zero-order valence-electron chi connectivity index (χ0n) is 17.4. The van der Waals surface area contributed by atoms with Crippen molar-refractivity contribution in [1.29, 1.82) is 0 Å². The number of nitrogens with zero attached hydrogens (tertiary/aromatic N) is 3. The molecular weight excluding hydrogens is 350 g/mol. The van der Waals surface area contributed by atoms with Gasteiger partial charge in [-0.1, -0.05) is 31.9 Å². The van der Waals surface area contributed by atoms with E-state index in [9.17, 15) is 4.79 Å². The standard InChI is InChI=1S/C22H33N5O/c1-4-5-6-11-20(28)23-16-12-14-17(15-13-16)24-22-25-19-10-8-7-9-18(19)21(26-22)27(2)3/h7-10,16-17H,4-6,11-15H2,1-3H3,(H,23,28)(H,24,25,26). The first-order valence-corrected chi connectivity index (χ1v) is 10.6. The number of rotatable bonds is 8. The Kier molecular flexibility index (Phi) is 7.06. The molecule has 2 N–H and O–H groups in total. The van der Waals surface area contributed by atoms with E-state index < -0.39 is 0 Å². The first kappa shape index (κ1) is 20.4. The lowest BCUT2D eigenvalue weighted by Crippen LogP contribution is -2.40. The van der Waals surface area contributed by atoms with E-state index in [4.69, 9.17) is 9.97 Å². The normalized spacial score (nSPS) is 19.4. The van der Waals surface area contributed by atoms with Crippen molar-refractivity contribution in [3.8, 4) is 0 Å². The lowest BCUT2D eigenvalue weighted by atomic mass is 9.91. The van der Waals surface area contributed by atoms with Gasteiger partial charge in [0, 0.05) is 38.0 Å². The van der Waals surface area contributed by atoms with Crippen molar-refractivity contribution in [1.82, 2.24) is 15.3 Å². The van der Waals surface area contributed by atoms with Gasteiger partial charge in [0.15, 0.2) is 0 Å². The summed E-state index contributed by atoms with van der Waals surface area (Å²) >= 11 is 0. The van der Waals surface area contributed by atoms with Gasteiger partial charge in [-0.3, -0.25) is 4.79 Å². The average molecular weight is 384 g/mol. The highest BCUT2D eigenvalue weighted by atomic mass is 16.1. The van der Waals surface area contributed by atoms with E-state index in [1.54, 1.807) is 0 Å². The summed E-state index contributed by atoms with van der Waals surface area (Å²) < 4.78 is 0. The summed E-state index contributed by atoms with van der Waals surface area (Å²) in [6.45, 7) is 2.16. The van der Waals surface area contributed by atoms with Crippen LogP contribution in [0.3, 0.4) is 0 Å². The molecular formula is C22H33N5O. The van der Waals surface area contributed by atoms with Gasteiger partial charge >= 0.3 is 0 Å². The Bertz CT molecular complexity index is 784. The van der Waals surface area contributed by atoms with Crippen molar-refractivity contribution in [2.45, 2.75) is 70.4 Å². The Morgan fingerprint density at radius 3 is 2.50 bits per heavy atom. The van der Waals surface area contributed by atoms with Crippen molar-refractivity contribution >= 4 is 28.6 Å². The number of anilines is 2. The van der Waals surface area contributed by atoms with Crippen LogP contribution < -0.4 is 15.5 Å². The number of nitrogens with one attached hydrogen (secondary N) is 2.